The molecule has 0 radical (unpaired) electrons. The van der Waals surface area contributed by atoms with E-state index in [-0.39, 0.29) is 19.4 Å². The molecule has 0 heterocycles. The predicted octanol–water partition coefficient (Wildman–Crippen LogP) is -0.428. The molecule has 3 heteroatoms. The van der Waals surface area contributed by atoms with E-state index in [0.717, 1.165) is 0 Å². The highest BCUT2D eigenvalue weighted by Crippen LogP contribution is 1.76. The van der Waals surface area contributed by atoms with Gasteiger partial charge in [-0.15, -0.1) is 0 Å². The van der Waals surface area contributed by atoms with E-state index in [0.29, 0.717) is 0 Å². The summed E-state index contributed by atoms with van der Waals surface area (Å²) in [6.45, 7) is 8.29. The Bertz CT molecular complexity index is 31.2. The van der Waals surface area contributed by atoms with E-state index < -0.39 is 0 Å². The van der Waals surface area contributed by atoms with Crippen LogP contribution in [0.25, 0.3) is 0 Å². The van der Waals surface area contributed by atoms with Gasteiger partial charge in [-0.1, -0.05) is 20.0 Å². The molecule has 0 aliphatic heterocycles. The zero-order valence-corrected chi connectivity index (χ0v) is 8.40. The van der Waals surface area contributed by atoms with Crippen LogP contribution in [0.5, 0.6) is 0 Å². The summed E-state index contributed by atoms with van der Waals surface area (Å²) in [6, 6.07) is 0. The van der Waals surface area contributed by atoms with Gasteiger partial charge in [0.2, 0.25) is 0 Å². The number of rotatable bonds is 3. The molecule has 0 saturated carbocycles. The predicted molar refractivity (Wildman–Crippen MR) is 41.2 cm³/mol. The fraction of sp³-hybridized carbons (Fsp3) is 1.00. The molecule has 0 saturated heterocycles. The lowest BCUT2D eigenvalue weighted by Gasteiger charge is -2.13. The standard InChI is InChI=1S/C4H15NSi2/c1-4-5(6-2)7-3/h4,6-7H2,1-3H3. The van der Waals surface area contributed by atoms with Gasteiger partial charge in [0.1, 0.15) is 0 Å². The highest BCUT2D eigenvalue weighted by atomic mass is 28.3. The van der Waals surface area contributed by atoms with Crippen molar-refractivity contribution in [2.75, 3.05) is 6.54 Å². The van der Waals surface area contributed by atoms with Crippen molar-refractivity contribution in [1.82, 2.24) is 4.23 Å². The summed E-state index contributed by atoms with van der Waals surface area (Å²) in [6.07, 6.45) is 0. The SMILES string of the molecule is CCN([SiH2]C)[SiH2]C. The minimum Gasteiger partial charge on any atom is -0.356 e. The molecule has 0 amide bonds. The fourth-order valence-corrected chi connectivity index (χ4v) is 3.35. The quantitative estimate of drug-likeness (QED) is 0.472. The van der Waals surface area contributed by atoms with Crippen LogP contribution in [0.1, 0.15) is 6.92 Å². The Morgan fingerprint density at radius 3 is 1.71 bits per heavy atom. The van der Waals surface area contributed by atoms with Gasteiger partial charge in [0.15, 0.2) is 0 Å². The molecule has 7 heavy (non-hydrogen) atoms. The van der Waals surface area contributed by atoms with Crippen LogP contribution in [0.15, 0.2) is 0 Å². The highest BCUT2D eigenvalue weighted by Gasteiger charge is 1.90. The van der Waals surface area contributed by atoms with E-state index >= 15 is 0 Å². The van der Waals surface area contributed by atoms with Crippen molar-refractivity contribution < 1.29 is 0 Å². The summed E-state index contributed by atoms with van der Waals surface area (Å²) in [4.78, 5) is 0. The monoisotopic (exact) mass is 133 g/mol. The van der Waals surface area contributed by atoms with Crippen molar-refractivity contribution in [1.29, 1.82) is 0 Å². The average Bonchev–Trinajstić information content (AvgIpc) is 1.72. The minimum atomic E-state index is 0.223. The van der Waals surface area contributed by atoms with E-state index in [2.05, 4.69) is 24.2 Å². The summed E-state index contributed by atoms with van der Waals surface area (Å²) in [5.74, 6) is 0. The van der Waals surface area contributed by atoms with Gasteiger partial charge in [-0.25, -0.2) is 0 Å². The first-order valence-electron chi connectivity index (χ1n) is 3.07. The Morgan fingerprint density at radius 2 is 1.71 bits per heavy atom. The maximum absolute atomic E-state index is 2.65. The molecule has 0 aromatic carbocycles. The maximum Gasteiger partial charge on any atom is 0.0839 e. The molecule has 0 fully saturated rings. The van der Waals surface area contributed by atoms with E-state index in [1.165, 1.54) is 6.54 Å². The van der Waals surface area contributed by atoms with Gasteiger partial charge in [-0.2, -0.15) is 0 Å². The molecule has 0 N–H and O–H groups in total. The van der Waals surface area contributed by atoms with Crippen molar-refractivity contribution in [3.05, 3.63) is 0 Å². The molecule has 1 nitrogen and oxygen atoms in total. The van der Waals surface area contributed by atoms with Crippen LogP contribution in [-0.4, -0.2) is 30.1 Å². The van der Waals surface area contributed by atoms with Crippen LogP contribution >= 0.6 is 0 Å². The summed E-state index contributed by atoms with van der Waals surface area (Å²) < 4.78 is 2.65. The Kier molecular flexibility index (Phi) is 4.81. The molecule has 0 aliphatic carbocycles. The zero-order valence-electron chi connectivity index (χ0n) is 5.57. The molecule has 0 aliphatic rings. The molecule has 0 unspecified atom stereocenters. The number of hydrogen-bond donors (Lipinski definition) is 0. The molecule has 0 aromatic heterocycles. The van der Waals surface area contributed by atoms with Crippen molar-refractivity contribution in [3.63, 3.8) is 0 Å². The van der Waals surface area contributed by atoms with E-state index in [1.807, 2.05) is 0 Å². The summed E-state index contributed by atoms with van der Waals surface area (Å²) in [5.41, 5.74) is 0. The van der Waals surface area contributed by atoms with E-state index in [9.17, 15) is 0 Å². The third kappa shape index (κ3) is 3.02. The van der Waals surface area contributed by atoms with Crippen LogP contribution in [0.3, 0.4) is 0 Å². The second-order valence-corrected chi connectivity index (χ2v) is 5.57. The van der Waals surface area contributed by atoms with Gasteiger partial charge < -0.3 is 4.23 Å². The van der Waals surface area contributed by atoms with Gasteiger partial charge in [-0.05, 0) is 6.54 Å². The molecular formula is C4H15NSi2. The largest absolute Gasteiger partial charge is 0.356 e. The first-order valence-corrected chi connectivity index (χ1v) is 7.16. The Labute approximate surface area is 50.9 Å². The van der Waals surface area contributed by atoms with Gasteiger partial charge >= 0.3 is 0 Å². The lowest BCUT2D eigenvalue weighted by molar-refractivity contribution is 0.720. The first-order chi connectivity index (χ1) is 3.35. The number of nitrogens with zero attached hydrogens (tertiary/aromatic N) is 1. The minimum absolute atomic E-state index is 0.223. The lowest BCUT2D eigenvalue weighted by Crippen LogP contribution is -2.27. The lowest BCUT2D eigenvalue weighted by atomic mass is 10.8. The zero-order chi connectivity index (χ0) is 5.70. The third-order valence-electron chi connectivity index (χ3n) is 1.34. The average molecular weight is 133 g/mol. The van der Waals surface area contributed by atoms with Gasteiger partial charge in [0.05, 0.1) is 19.4 Å². The Hall–Kier alpha value is 0.394. The van der Waals surface area contributed by atoms with Gasteiger partial charge in [0, 0.05) is 0 Å². The number of hydrogen-bond acceptors (Lipinski definition) is 1. The normalized spacial score (nSPS) is 13.7. The van der Waals surface area contributed by atoms with Crippen molar-refractivity contribution in [2.24, 2.45) is 0 Å². The molecule has 44 valence electrons. The Balaban J connectivity index is 2.99. The summed E-state index contributed by atoms with van der Waals surface area (Å²) in [7, 11) is 0.446. The fourth-order valence-electron chi connectivity index (χ4n) is 0.671. The van der Waals surface area contributed by atoms with Crippen LogP contribution in [0, 0.1) is 0 Å². The van der Waals surface area contributed by atoms with Crippen molar-refractivity contribution in [3.8, 4) is 0 Å². The first kappa shape index (κ1) is 7.39. The molecule has 0 bridgehead atoms. The maximum atomic E-state index is 2.65. The molecule has 0 rings (SSSR count). The van der Waals surface area contributed by atoms with E-state index in [4.69, 9.17) is 0 Å². The summed E-state index contributed by atoms with van der Waals surface area (Å²) >= 11 is 0. The van der Waals surface area contributed by atoms with Gasteiger partial charge in [-0.3, -0.25) is 0 Å². The van der Waals surface area contributed by atoms with E-state index in [1.54, 1.807) is 0 Å². The van der Waals surface area contributed by atoms with Crippen LogP contribution in [0.2, 0.25) is 13.1 Å². The topological polar surface area (TPSA) is 3.24 Å². The highest BCUT2D eigenvalue weighted by molar-refractivity contribution is 6.48. The summed E-state index contributed by atoms with van der Waals surface area (Å²) in [5, 5.41) is 0. The molecule has 0 atom stereocenters. The van der Waals surface area contributed by atoms with Gasteiger partial charge in [0.25, 0.3) is 0 Å². The second-order valence-electron chi connectivity index (χ2n) is 1.62. The van der Waals surface area contributed by atoms with Crippen LogP contribution < -0.4 is 0 Å². The third-order valence-corrected chi connectivity index (χ3v) is 6.71. The smallest absolute Gasteiger partial charge is 0.0839 e. The van der Waals surface area contributed by atoms with Crippen molar-refractivity contribution >= 4 is 19.4 Å². The van der Waals surface area contributed by atoms with Crippen molar-refractivity contribution in [2.45, 2.75) is 20.0 Å². The van der Waals surface area contributed by atoms with Crippen LogP contribution in [-0.2, 0) is 0 Å². The Morgan fingerprint density at radius 1 is 1.29 bits per heavy atom. The second kappa shape index (κ2) is 4.55. The van der Waals surface area contributed by atoms with Crippen LogP contribution in [0.4, 0.5) is 0 Å². The molecule has 0 aromatic rings. The molecular weight excluding hydrogens is 118 g/mol. The molecule has 0 spiro atoms.